The largest absolute Gasteiger partial charge is 0.347 e. The van der Waals surface area contributed by atoms with Crippen LogP contribution in [0.2, 0.25) is 0 Å². The summed E-state index contributed by atoms with van der Waals surface area (Å²) in [6.07, 6.45) is 6.02. The van der Waals surface area contributed by atoms with Crippen molar-refractivity contribution in [3.63, 3.8) is 0 Å². The van der Waals surface area contributed by atoms with Gasteiger partial charge in [-0.15, -0.1) is 0 Å². The Hall–Kier alpha value is -2.15. The molecule has 0 spiro atoms. The summed E-state index contributed by atoms with van der Waals surface area (Å²) >= 11 is 0. The lowest BCUT2D eigenvalue weighted by molar-refractivity contribution is -0.136. The second-order valence-corrected chi connectivity index (χ2v) is 9.48. The third-order valence-corrected chi connectivity index (χ3v) is 7.40. The molecule has 0 N–H and O–H groups in total. The molecule has 3 heterocycles. The molecule has 0 bridgehead atoms. The Labute approximate surface area is 198 Å². The number of likely N-dealkylation sites (tertiary alicyclic amines) is 2. The lowest BCUT2D eigenvalue weighted by Crippen LogP contribution is -2.48. The van der Waals surface area contributed by atoms with E-state index in [1.807, 2.05) is 32.6 Å². The molecule has 2 fully saturated rings. The smallest absolute Gasteiger partial charge is 0.259 e. The summed E-state index contributed by atoms with van der Waals surface area (Å²) in [5.41, 5.74) is 1.86. The maximum Gasteiger partial charge on any atom is 0.259 e. The zero-order valence-electron chi connectivity index (χ0n) is 21.1. The minimum atomic E-state index is -0.208. The van der Waals surface area contributed by atoms with Gasteiger partial charge in [-0.3, -0.25) is 14.4 Å². The van der Waals surface area contributed by atoms with E-state index in [9.17, 15) is 14.4 Å². The van der Waals surface area contributed by atoms with Gasteiger partial charge < -0.3 is 19.3 Å². The number of nitrogens with zero attached hydrogens (tertiary/aromatic N) is 4. The van der Waals surface area contributed by atoms with E-state index in [4.69, 9.17) is 0 Å². The molecule has 184 valence electrons. The van der Waals surface area contributed by atoms with Crippen LogP contribution in [0.25, 0.3) is 0 Å². The Morgan fingerprint density at radius 2 is 1.70 bits per heavy atom. The Balaban J connectivity index is 1.82. The average Bonchev–Trinajstić information content (AvgIpc) is 2.84. The number of rotatable bonds is 8. The minimum absolute atomic E-state index is 0.121. The number of carbonyl (C=O) groups excluding carboxylic acids is 2. The number of carbonyl (C=O) groups is 2. The van der Waals surface area contributed by atoms with E-state index in [0.717, 1.165) is 50.4 Å². The molecule has 0 unspecified atom stereocenters. The van der Waals surface area contributed by atoms with Gasteiger partial charge in [-0.05, 0) is 66.0 Å². The van der Waals surface area contributed by atoms with Gasteiger partial charge in [0.05, 0.1) is 5.92 Å². The van der Waals surface area contributed by atoms with Crippen molar-refractivity contribution in [1.82, 2.24) is 19.3 Å². The SMILES string of the molecule is CCc1c(C(=O)N2CCC[C@@H](C(=O)N(CC)CC)C2)c(=O)cc(C)n1CCN1CCCCC1. The Morgan fingerprint density at radius 3 is 2.33 bits per heavy atom. The van der Waals surface area contributed by atoms with Crippen molar-refractivity contribution in [3.05, 3.63) is 33.2 Å². The van der Waals surface area contributed by atoms with Crippen molar-refractivity contribution < 1.29 is 9.59 Å². The first-order valence-corrected chi connectivity index (χ1v) is 12.9. The Bertz CT molecular complexity index is 884. The van der Waals surface area contributed by atoms with Gasteiger partial charge in [0.15, 0.2) is 5.43 Å². The Kier molecular flexibility index (Phi) is 9.12. The first-order chi connectivity index (χ1) is 15.9. The second-order valence-electron chi connectivity index (χ2n) is 9.48. The molecule has 2 aliphatic heterocycles. The van der Waals surface area contributed by atoms with Crippen LogP contribution in [0.4, 0.5) is 0 Å². The zero-order valence-corrected chi connectivity index (χ0v) is 21.1. The van der Waals surface area contributed by atoms with Crippen molar-refractivity contribution >= 4 is 11.8 Å². The number of hydrogen-bond acceptors (Lipinski definition) is 4. The van der Waals surface area contributed by atoms with E-state index in [0.29, 0.717) is 38.2 Å². The molecule has 1 aromatic heterocycles. The molecule has 2 amide bonds. The van der Waals surface area contributed by atoms with Crippen molar-refractivity contribution in [3.8, 4) is 0 Å². The van der Waals surface area contributed by atoms with E-state index >= 15 is 0 Å². The maximum atomic E-state index is 13.6. The molecule has 0 radical (unpaired) electrons. The Morgan fingerprint density at radius 1 is 1.00 bits per heavy atom. The number of pyridine rings is 1. The number of amides is 2. The molecule has 1 aromatic rings. The zero-order chi connectivity index (χ0) is 24.0. The third kappa shape index (κ3) is 5.86. The molecule has 0 aliphatic carbocycles. The highest BCUT2D eigenvalue weighted by Crippen LogP contribution is 2.22. The molecule has 0 aromatic carbocycles. The van der Waals surface area contributed by atoms with Crippen LogP contribution in [0.15, 0.2) is 10.9 Å². The first-order valence-electron chi connectivity index (χ1n) is 12.9. The van der Waals surface area contributed by atoms with Crippen molar-refractivity contribution in [2.24, 2.45) is 5.92 Å². The van der Waals surface area contributed by atoms with Crippen LogP contribution in [0.1, 0.15) is 74.6 Å². The van der Waals surface area contributed by atoms with Gasteiger partial charge in [-0.1, -0.05) is 13.3 Å². The van der Waals surface area contributed by atoms with Crippen LogP contribution in [0.3, 0.4) is 0 Å². The normalized spacial score (nSPS) is 19.5. The summed E-state index contributed by atoms with van der Waals surface area (Å²) < 4.78 is 2.17. The topological polar surface area (TPSA) is 65.9 Å². The van der Waals surface area contributed by atoms with Crippen molar-refractivity contribution in [2.75, 3.05) is 45.8 Å². The summed E-state index contributed by atoms with van der Waals surface area (Å²) in [7, 11) is 0. The molecular formula is C26H42N4O3. The van der Waals surface area contributed by atoms with E-state index in [1.54, 1.807) is 11.0 Å². The summed E-state index contributed by atoms with van der Waals surface area (Å²) in [5.74, 6) is -0.267. The predicted octanol–water partition coefficient (Wildman–Crippen LogP) is 2.93. The molecule has 3 rings (SSSR count). The van der Waals surface area contributed by atoms with E-state index in [1.165, 1.54) is 19.3 Å². The van der Waals surface area contributed by atoms with Crippen molar-refractivity contribution in [1.29, 1.82) is 0 Å². The molecule has 33 heavy (non-hydrogen) atoms. The number of aromatic nitrogens is 1. The lowest BCUT2D eigenvalue weighted by atomic mass is 9.95. The highest BCUT2D eigenvalue weighted by Gasteiger charge is 2.33. The van der Waals surface area contributed by atoms with Crippen LogP contribution in [0.5, 0.6) is 0 Å². The van der Waals surface area contributed by atoms with Crippen LogP contribution in [-0.2, 0) is 17.8 Å². The van der Waals surface area contributed by atoms with Crippen LogP contribution in [0, 0.1) is 12.8 Å². The molecular weight excluding hydrogens is 416 g/mol. The molecule has 7 heteroatoms. The summed E-state index contributed by atoms with van der Waals surface area (Å²) in [6.45, 7) is 14.3. The van der Waals surface area contributed by atoms with Gasteiger partial charge in [0, 0.05) is 56.7 Å². The van der Waals surface area contributed by atoms with Gasteiger partial charge in [0.1, 0.15) is 5.56 Å². The highest BCUT2D eigenvalue weighted by molar-refractivity contribution is 5.95. The standard InChI is InChI=1S/C26H42N4O3/c1-5-22-24(23(31)18-20(4)30(22)17-16-27-13-9-8-10-14-27)26(33)29-15-11-12-21(19-29)25(32)28(6-2)7-3/h18,21H,5-17,19H2,1-4H3/t21-/m1/s1. The van der Waals surface area contributed by atoms with Gasteiger partial charge in [-0.25, -0.2) is 0 Å². The first kappa shape index (κ1) is 25.5. The number of aryl methyl sites for hydroxylation is 1. The van der Waals surface area contributed by atoms with E-state index in [-0.39, 0.29) is 23.2 Å². The molecule has 2 saturated heterocycles. The molecule has 0 saturated carbocycles. The fourth-order valence-corrected chi connectivity index (χ4v) is 5.48. The fourth-order valence-electron chi connectivity index (χ4n) is 5.48. The van der Waals surface area contributed by atoms with Crippen molar-refractivity contribution in [2.45, 2.75) is 72.8 Å². The van der Waals surface area contributed by atoms with Gasteiger partial charge >= 0.3 is 0 Å². The van der Waals surface area contributed by atoms with E-state index < -0.39 is 0 Å². The third-order valence-electron chi connectivity index (χ3n) is 7.40. The van der Waals surface area contributed by atoms with E-state index in [2.05, 4.69) is 9.47 Å². The highest BCUT2D eigenvalue weighted by atomic mass is 16.2. The summed E-state index contributed by atoms with van der Waals surface area (Å²) in [6, 6.07) is 1.62. The molecule has 7 nitrogen and oxygen atoms in total. The van der Waals surface area contributed by atoms with Crippen LogP contribution < -0.4 is 5.43 Å². The average molecular weight is 459 g/mol. The van der Waals surface area contributed by atoms with Gasteiger partial charge in [0.2, 0.25) is 5.91 Å². The van der Waals surface area contributed by atoms with Gasteiger partial charge in [-0.2, -0.15) is 0 Å². The fraction of sp³-hybridized carbons (Fsp3) is 0.731. The van der Waals surface area contributed by atoms with Gasteiger partial charge in [0.25, 0.3) is 5.91 Å². The minimum Gasteiger partial charge on any atom is -0.347 e. The molecule has 1 atom stereocenters. The summed E-state index contributed by atoms with van der Waals surface area (Å²) in [5, 5.41) is 0. The quantitative estimate of drug-likeness (QED) is 0.601. The monoisotopic (exact) mass is 458 g/mol. The summed E-state index contributed by atoms with van der Waals surface area (Å²) in [4.78, 5) is 45.6. The number of piperidine rings is 2. The molecule has 2 aliphatic rings. The van der Waals surface area contributed by atoms with Crippen LogP contribution >= 0.6 is 0 Å². The second kappa shape index (κ2) is 11.8. The lowest BCUT2D eigenvalue weighted by Gasteiger charge is -2.35. The number of hydrogen-bond donors (Lipinski definition) is 0. The predicted molar refractivity (Wildman–Crippen MR) is 132 cm³/mol. The maximum absolute atomic E-state index is 13.6. The van der Waals surface area contributed by atoms with Crippen LogP contribution in [-0.4, -0.2) is 76.9 Å².